The third-order valence-electron chi connectivity index (χ3n) is 4.11. The second-order valence-corrected chi connectivity index (χ2v) is 7.57. The van der Waals surface area contributed by atoms with Crippen molar-refractivity contribution in [3.05, 3.63) is 59.2 Å². The lowest BCUT2D eigenvalue weighted by Crippen LogP contribution is -2.23. The molecular formula is C19H21N5OS. The molecule has 0 saturated carbocycles. The van der Waals surface area contributed by atoms with Crippen molar-refractivity contribution in [1.29, 1.82) is 0 Å². The summed E-state index contributed by atoms with van der Waals surface area (Å²) < 4.78 is 1.66. The molecule has 0 aliphatic rings. The zero-order valence-electron chi connectivity index (χ0n) is 15.2. The molecule has 0 radical (unpaired) electrons. The SMILES string of the molecule is Cc1cccc(NC(=O)[C@H](C)Sc2nnnn2-c2ccc(C)c(C)c2)c1. The van der Waals surface area contributed by atoms with Crippen molar-refractivity contribution in [1.82, 2.24) is 20.2 Å². The number of hydrogen-bond acceptors (Lipinski definition) is 5. The molecule has 1 atom stereocenters. The number of benzene rings is 2. The van der Waals surface area contributed by atoms with E-state index >= 15 is 0 Å². The number of nitrogens with one attached hydrogen (secondary N) is 1. The van der Waals surface area contributed by atoms with Crippen LogP contribution < -0.4 is 5.32 Å². The van der Waals surface area contributed by atoms with Gasteiger partial charge in [0.05, 0.1) is 10.9 Å². The summed E-state index contributed by atoms with van der Waals surface area (Å²) in [6.45, 7) is 7.95. The summed E-state index contributed by atoms with van der Waals surface area (Å²) in [5.41, 5.74) is 5.14. The normalized spacial score (nSPS) is 12.0. The predicted molar refractivity (Wildman–Crippen MR) is 104 cm³/mol. The van der Waals surface area contributed by atoms with Crippen LogP contribution in [0.4, 0.5) is 5.69 Å². The van der Waals surface area contributed by atoms with Gasteiger partial charge in [-0.1, -0.05) is 30.0 Å². The van der Waals surface area contributed by atoms with Crippen LogP contribution in [0, 0.1) is 20.8 Å². The van der Waals surface area contributed by atoms with E-state index in [9.17, 15) is 4.79 Å². The predicted octanol–water partition coefficient (Wildman–Crippen LogP) is 3.71. The van der Waals surface area contributed by atoms with E-state index < -0.39 is 0 Å². The molecule has 3 rings (SSSR count). The topological polar surface area (TPSA) is 72.7 Å². The van der Waals surface area contributed by atoms with Crippen LogP contribution in [-0.4, -0.2) is 31.4 Å². The Hall–Kier alpha value is -2.67. The molecule has 7 heteroatoms. The van der Waals surface area contributed by atoms with Gasteiger partial charge in [0.1, 0.15) is 0 Å². The van der Waals surface area contributed by atoms with Gasteiger partial charge < -0.3 is 5.32 Å². The molecule has 2 aromatic carbocycles. The van der Waals surface area contributed by atoms with E-state index in [0.29, 0.717) is 5.16 Å². The Morgan fingerprint density at radius 1 is 1.12 bits per heavy atom. The van der Waals surface area contributed by atoms with Crippen molar-refractivity contribution in [2.45, 2.75) is 38.1 Å². The second-order valence-electron chi connectivity index (χ2n) is 6.26. The van der Waals surface area contributed by atoms with Crippen molar-refractivity contribution >= 4 is 23.4 Å². The summed E-state index contributed by atoms with van der Waals surface area (Å²) in [4.78, 5) is 12.5. The Morgan fingerprint density at radius 2 is 1.92 bits per heavy atom. The Morgan fingerprint density at radius 3 is 2.65 bits per heavy atom. The number of nitrogens with zero attached hydrogens (tertiary/aromatic N) is 4. The van der Waals surface area contributed by atoms with Crippen molar-refractivity contribution in [3.63, 3.8) is 0 Å². The van der Waals surface area contributed by atoms with E-state index in [1.807, 2.05) is 63.2 Å². The molecule has 0 aliphatic carbocycles. The van der Waals surface area contributed by atoms with Crippen LogP contribution in [0.3, 0.4) is 0 Å². The molecule has 26 heavy (non-hydrogen) atoms. The number of hydrogen-bond donors (Lipinski definition) is 1. The fourth-order valence-electron chi connectivity index (χ4n) is 2.45. The highest BCUT2D eigenvalue weighted by atomic mass is 32.2. The minimum absolute atomic E-state index is 0.0877. The van der Waals surface area contributed by atoms with Gasteiger partial charge in [-0.2, -0.15) is 4.68 Å². The van der Waals surface area contributed by atoms with Crippen LogP contribution in [0.2, 0.25) is 0 Å². The summed E-state index contributed by atoms with van der Waals surface area (Å²) in [7, 11) is 0. The van der Waals surface area contributed by atoms with Gasteiger partial charge in [0, 0.05) is 5.69 Å². The first-order chi connectivity index (χ1) is 12.4. The number of carbonyl (C=O) groups excluding carboxylic acids is 1. The van der Waals surface area contributed by atoms with E-state index in [-0.39, 0.29) is 11.2 Å². The molecule has 3 aromatic rings. The minimum atomic E-state index is -0.341. The molecule has 0 unspecified atom stereocenters. The number of rotatable bonds is 5. The lowest BCUT2D eigenvalue weighted by Gasteiger charge is -2.12. The molecule has 1 amide bonds. The van der Waals surface area contributed by atoms with Crippen LogP contribution in [-0.2, 0) is 4.79 Å². The lowest BCUT2D eigenvalue weighted by molar-refractivity contribution is -0.115. The van der Waals surface area contributed by atoms with Crippen molar-refractivity contribution in [2.24, 2.45) is 0 Å². The van der Waals surface area contributed by atoms with E-state index in [0.717, 1.165) is 16.9 Å². The van der Waals surface area contributed by atoms with Gasteiger partial charge in [-0.25, -0.2) is 0 Å². The molecule has 0 spiro atoms. The first-order valence-corrected chi connectivity index (χ1v) is 9.22. The van der Waals surface area contributed by atoms with E-state index in [2.05, 4.69) is 27.8 Å². The van der Waals surface area contributed by atoms with Crippen LogP contribution in [0.15, 0.2) is 47.6 Å². The highest BCUT2D eigenvalue weighted by molar-refractivity contribution is 8.00. The molecule has 0 saturated heterocycles. The number of tetrazole rings is 1. The number of aromatic nitrogens is 4. The number of aryl methyl sites for hydroxylation is 3. The Labute approximate surface area is 157 Å². The van der Waals surface area contributed by atoms with Crippen LogP contribution in [0.1, 0.15) is 23.6 Å². The lowest BCUT2D eigenvalue weighted by atomic mass is 10.1. The van der Waals surface area contributed by atoms with E-state index in [1.165, 1.54) is 22.9 Å². The number of anilines is 1. The van der Waals surface area contributed by atoms with Gasteiger partial charge >= 0.3 is 0 Å². The van der Waals surface area contributed by atoms with Crippen molar-refractivity contribution in [2.75, 3.05) is 5.32 Å². The quantitative estimate of drug-likeness (QED) is 0.696. The van der Waals surface area contributed by atoms with Gasteiger partial charge in [-0.15, -0.1) is 5.10 Å². The van der Waals surface area contributed by atoms with Crippen molar-refractivity contribution in [3.8, 4) is 5.69 Å². The maximum atomic E-state index is 12.5. The largest absolute Gasteiger partial charge is 0.325 e. The van der Waals surface area contributed by atoms with Gasteiger partial charge in [0.15, 0.2) is 0 Å². The Balaban J connectivity index is 1.74. The molecule has 1 heterocycles. The molecular weight excluding hydrogens is 346 g/mol. The fourth-order valence-corrected chi connectivity index (χ4v) is 3.26. The molecule has 6 nitrogen and oxygen atoms in total. The first kappa shape index (κ1) is 18.1. The summed E-state index contributed by atoms with van der Waals surface area (Å²) in [5, 5.41) is 15.1. The molecule has 0 fully saturated rings. The van der Waals surface area contributed by atoms with E-state index in [4.69, 9.17) is 0 Å². The third kappa shape index (κ3) is 4.11. The highest BCUT2D eigenvalue weighted by Gasteiger charge is 2.19. The highest BCUT2D eigenvalue weighted by Crippen LogP contribution is 2.24. The zero-order valence-corrected chi connectivity index (χ0v) is 16.0. The van der Waals surface area contributed by atoms with Crippen LogP contribution in [0.5, 0.6) is 0 Å². The molecule has 0 bridgehead atoms. The number of amides is 1. The standard InChI is InChI=1S/C19H21N5OS/c1-12-6-5-7-16(10-12)20-18(25)15(4)26-19-21-22-23-24(19)17-9-8-13(2)14(3)11-17/h5-11,15H,1-4H3,(H,20,25)/t15-/m0/s1. The monoisotopic (exact) mass is 367 g/mol. The number of carbonyl (C=O) groups is 1. The van der Waals surface area contributed by atoms with Crippen LogP contribution >= 0.6 is 11.8 Å². The second kappa shape index (κ2) is 7.70. The van der Waals surface area contributed by atoms with Crippen LogP contribution in [0.25, 0.3) is 5.69 Å². The average molecular weight is 367 g/mol. The summed E-state index contributed by atoms with van der Waals surface area (Å²) in [6, 6.07) is 13.8. The van der Waals surface area contributed by atoms with Gasteiger partial charge in [0.25, 0.3) is 0 Å². The number of thioether (sulfide) groups is 1. The molecule has 134 valence electrons. The maximum Gasteiger partial charge on any atom is 0.237 e. The minimum Gasteiger partial charge on any atom is -0.325 e. The Kier molecular flexibility index (Phi) is 5.37. The van der Waals surface area contributed by atoms with E-state index in [1.54, 1.807) is 4.68 Å². The zero-order chi connectivity index (χ0) is 18.7. The molecule has 0 aliphatic heterocycles. The summed E-state index contributed by atoms with van der Waals surface area (Å²) in [5.74, 6) is -0.0877. The van der Waals surface area contributed by atoms with Gasteiger partial charge in [-0.3, -0.25) is 4.79 Å². The van der Waals surface area contributed by atoms with Gasteiger partial charge in [-0.05, 0) is 79.1 Å². The summed E-state index contributed by atoms with van der Waals surface area (Å²) in [6.07, 6.45) is 0. The average Bonchev–Trinajstić information content (AvgIpc) is 3.05. The Bertz CT molecular complexity index is 937. The summed E-state index contributed by atoms with van der Waals surface area (Å²) >= 11 is 1.33. The van der Waals surface area contributed by atoms with Gasteiger partial charge in [0.2, 0.25) is 11.1 Å². The fraction of sp³-hybridized carbons (Fsp3) is 0.263. The molecule has 1 aromatic heterocycles. The smallest absolute Gasteiger partial charge is 0.237 e. The first-order valence-electron chi connectivity index (χ1n) is 8.34. The van der Waals surface area contributed by atoms with Crippen molar-refractivity contribution < 1.29 is 4.79 Å². The molecule has 1 N–H and O–H groups in total. The maximum absolute atomic E-state index is 12.5. The third-order valence-corrected chi connectivity index (χ3v) is 5.15.